The van der Waals surface area contributed by atoms with Crippen molar-refractivity contribution in [2.24, 2.45) is 11.3 Å². The van der Waals surface area contributed by atoms with Crippen molar-refractivity contribution in [3.05, 3.63) is 11.3 Å². The van der Waals surface area contributed by atoms with E-state index >= 15 is 0 Å². The van der Waals surface area contributed by atoms with Gasteiger partial charge in [0, 0.05) is 30.8 Å². The van der Waals surface area contributed by atoms with Crippen LogP contribution in [0.3, 0.4) is 0 Å². The molecule has 0 fully saturated rings. The molecule has 0 bridgehead atoms. The molecular weight excluding hydrogens is 200 g/mol. The average molecular weight is 224 g/mol. The molecule has 1 rings (SSSR count). The number of carbonyl (C=O) groups is 1. The van der Waals surface area contributed by atoms with Gasteiger partial charge in [0.1, 0.15) is 0 Å². The molecule has 0 amide bonds. The van der Waals surface area contributed by atoms with Gasteiger partial charge in [-0.2, -0.15) is 0 Å². The first kappa shape index (κ1) is 13.2. The third-order valence-corrected chi connectivity index (χ3v) is 2.94. The number of nitrogens with zero attached hydrogens (tertiary/aromatic N) is 1. The molecule has 3 heteroatoms. The highest BCUT2D eigenvalue weighted by Crippen LogP contribution is 2.34. The van der Waals surface area contributed by atoms with Gasteiger partial charge < -0.3 is 5.43 Å². The van der Waals surface area contributed by atoms with Gasteiger partial charge in [-0.1, -0.05) is 27.7 Å². The minimum Gasteiger partial charge on any atom is -0.323 e. The van der Waals surface area contributed by atoms with Crippen LogP contribution in [0.4, 0.5) is 0 Å². The van der Waals surface area contributed by atoms with Crippen LogP contribution in [-0.2, 0) is 4.79 Å². The van der Waals surface area contributed by atoms with Gasteiger partial charge in [-0.15, -0.1) is 0 Å². The Kier molecular flexibility index (Phi) is 3.79. The van der Waals surface area contributed by atoms with Gasteiger partial charge in [0.25, 0.3) is 0 Å². The smallest absolute Gasteiger partial charge is 0.165 e. The molecule has 0 saturated heterocycles. The number of hydrazine groups is 1. The largest absolute Gasteiger partial charge is 0.323 e. The van der Waals surface area contributed by atoms with Crippen LogP contribution in [0, 0.1) is 11.3 Å². The van der Waals surface area contributed by atoms with Crippen LogP contribution in [0.1, 0.15) is 40.5 Å². The van der Waals surface area contributed by atoms with Crippen molar-refractivity contribution in [2.45, 2.75) is 40.5 Å². The maximum Gasteiger partial charge on any atom is 0.165 e. The average Bonchev–Trinajstić information content (AvgIpc) is 2.45. The molecule has 16 heavy (non-hydrogen) atoms. The second-order valence-corrected chi connectivity index (χ2v) is 5.92. The summed E-state index contributed by atoms with van der Waals surface area (Å²) in [4.78, 5) is 12.3. The molecular formula is C13H24N2O. The molecule has 0 spiro atoms. The minimum atomic E-state index is -0.279. The van der Waals surface area contributed by atoms with Gasteiger partial charge in [0.05, 0.1) is 0 Å². The van der Waals surface area contributed by atoms with E-state index in [2.05, 4.69) is 12.3 Å². The maximum atomic E-state index is 12.3. The molecule has 0 heterocycles. The molecule has 0 aromatic heterocycles. The molecule has 0 aromatic carbocycles. The molecule has 1 aliphatic rings. The van der Waals surface area contributed by atoms with E-state index in [0.29, 0.717) is 5.92 Å². The van der Waals surface area contributed by atoms with Crippen LogP contribution < -0.4 is 5.43 Å². The van der Waals surface area contributed by atoms with Crippen molar-refractivity contribution in [1.82, 2.24) is 10.4 Å². The summed E-state index contributed by atoms with van der Waals surface area (Å²) >= 11 is 0. The van der Waals surface area contributed by atoms with E-state index in [1.54, 1.807) is 0 Å². The number of Topliss-reactive ketones (excluding diaryl/α,β-unsaturated/α-hetero) is 1. The standard InChI is InChI=1S/C13H24N2O/c1-9-7-8-10(11(9)14-15(5)6)12(16)13(2,3)4/h9,14H,7-8H2,1-6H3. The SMILES string of the molecule is CC1CCC(C(=O)C(C)(C)C)=C1NN(C)C. The summed E-state index contributed by atoms with van der Waals surface area (Å²) in [6.07, 6.45) is 1.99. The molecule has 3 nitrogen and oxygen atoms in total. The van der Waals surface area contributed by atoms with Crippen LogP contribution in [0.25, 0.3) is 0 Å². The Hall–Kier alpha value is -0.830. The maximum absolute atomic E-state index is 12.3. The highest BCUT2D eigenvalue weighted by Gasteiger charge is 2.32. The lowest BCUT2D eigenvalue weighted by molar-refractivity contribution is -0.122. The predicted molar refractivity (Wildman–Crippen MR) is 66.7 cm³/mol. The number of hydrogen-bond donors (Lipinski definition) is 1. The van der Waals surface area contributed by atoms with Crippen LogP contribution in [0.2, 0.25) is 0 Å². The topological polar surface area (TPSA) is 32.3 Å². The molecule has 1 N–H and O–H groups in total. The van der Waals surface area contributed by atoms with Gasteiger partial charge >= 0.3 is 0 Å². The third-order valence-electron chi connectivity index (χ3n) is 2.94. The zero-order valence-corrected chi connectivity index (χ0v) is 11.3. The van der Waals surface area contributed by atoms with Crippen LogP contribution in [0.15, 0.2) is 11.3 Å². The van der Waals surface area contributed by atoms with E-state index in [1.807, 2.05) is 39.9 Å². The van der Waals surface area contributed by atoms with Crippen molar-refractivity contribution in [3.8, 4) is 0 Å². The summed E-state index contributed by atoms with van der Waals surface area (Å²) < 4.78 is 0. The second-order valence-electron chi connectivity index (χ2n) is 5.92. The summed E-state index contributed by atoms with van der Waals surface area (Å²) in [7, 11) is 3.91. The van der Waals surface area contributed by atoms with Crippen molar-refractivity contribution in [1.29, 1.82) is 0 Å². The first-order valence-corrected chi connectivity index (χ1v) is 5.95. The van der Waals surface area contributed by atoms with Gasteiger partial charge in [0.15, 0.2) is 5.78 Å². The number of nitrogens with one attached hydrogen (secondary N) is 1. The predicted octanol–water partition coefficient (Wildman–Crippen LogP) is 2.35. The van der Waals surface area contributed by atoms with E-state index in [9.17, 15) is 4.79 Å². The molecule has 1 atom stereocenters. The normalized spacial score (nSPS) is 21.8. The fourth-order valence-electron chi connectivity index (χ4n) is 2.04. The summed E-state index contributed by atoms with van der Waals surface area (Å²) in [6, 6.07) is 0. The molecule has 1 unspecified atom stereocenters. The first-order valence-electron chi connectivity index (χ1n) is 5.95. The number of hydrogen-bond acceptors (Lipinski definition) is 3. The Morgan fingerprint density at radius 2 is 1.94 bits per heavy atom. The van der Waals surface area contributed by atoms with Crippen molar-refractivity contribution in [2.75, 3.05) is 14.1 Å². The Morgan fingerprint density at radius 1 is 1.38 bits per heavy atom. The zero-order valence-electron chi connectivity index (χ0n) is 11.3. The lowest BCUT2D eigenvalue weighted by Crippen LogP contribution is -2.33. The minimum absolute atomic E-state index is 0.279. The van der Waals surface area contributed by atoms with Crippen molar-refractivity contribution in [3.63, 3.8) is 0 Å². The van der Waals surface area contributed by atoms with E-state index < -0.39 is 0 Å². The summed E-state index contributed by atoms with van der Waals surface area (Å²) in [5.41, 5.74) is 5.12. The third kappa shape index (κ3) is 2.85. The van der Waals surface area contributed by atoms with Crippen LogP contribution in [0.5, 0.6) is 0 Å². The Morgan fingerprint density at radius 3 is 2.38 bits per heavy atom. The quantitative estimate of drug-likeness (QED) is 0.747. The van der Waals surface area contributed by atoms with Crippen LogP contribution >= 0.6 is 0 Å². The molecule has 0 aromatic rings. The van der Waals surface area contributed by atoms with Gasteiger partial charge in [-0.3, -0.25) is 4.79 Å². The molecule has 0 radical (unpaired) electrons. The van der Waals surface area contributed by atoms with E-state index in [0.717, 1.165) is 24.1 Å². The van der Waals surface area contributed by atoms with E-state index in [1.165, 1.54) is 0 Å². The summed E-state index contributed by atoms with van der Waals surface area (Å²) in [6.45, 7) is 8.13. The number of ketones is 1. The van der Waals surface area contributed by atoms with Crippen molar-refractivity contribution < 1.29 is 4.79 Å². The monoisotopic (exact) mass is 224 g/mol. The molecule has 92 valence electrons. The Balaban J connectivity index is 2.98. The summed E-state index contributed by atoms with van der Waals surface area (Å²) in [5.74, 6) is 0.741. The highest BCUT2D eigenvalue weighted by molar-refractivity contribution is 6.00. The Labute approximate surface area is 98.9 Å². The van der Waals surface area contributed by atoms with Crippen molar-refractivity contribution >= 4 is 5.78 Å². The number of carbonyl (C=O) groups excluding carboxylic acids is 1. The van der Waals surface area contributed by atoms with E-state index in [4.69, 9.17) is 0 Å². The van der Waals surface area contributed by atoms with Gasteiger partial charge in [-0.25, -0.2) is 5.01 Å². The molecule has 0 aliphatic heterocycles. The van der Waals surface area contributed by atoms with Gasteiger partial charge in [0.2, 0.25) is 0 Å². The Bertz CT molecular complexity index is 310. The lowest BCUT2D eigenvalue weighted by atomic mass is 9.85. The number of allylic oxidation sites excluding steroid dienone is 2. The van der Waals surface area contributed by atoms with E-state index in [-0.39, 0.29) is 11.2 Å². The second kappa shape index (κ2) is 4.58. The zero-order chi connectivity index (χ0) is 12.5. The van der Waals surface area contributed by atoms with Crippen LogP contribution in [-0.4, -0.2) is 24.9 Å². The first-order chi connectivity index (χ1) is 7.23. The highest BCUT2D eigenvalue weighted by atomic mass is 16.1. The lowest BCUT2D eigenvalue weighted by Gasteiger charge is -2.22. The fraction of sp³-hybridized carbons (Fsp3) is 0.769. The fourth-order valence-corrected chi connectivity index (χ4v) is 2.04. The summed E-state index contributed by atoms with van der Waals surface area (Å²) in [5, 5.41) is 1.91. The molecule has 1 aliphatic carbocycles. The molecule has 0 saturated carbocycles. The number of rotatable bonds is 3. The van der Waals surface area contributed by atoms with Gasteiger partial charge in [-0.05, 0) is 18.8 Å².